The van der Waals surface area contributed by atoms with Crippen LogP contribution in [0.2, 0.25) is 0 Å². The van der Waals surface area contributed by atoms with E-state index in [1.165, 1.54) is 0 Å². The predicted molar refractivity (Wildman–Crippen MR) is 67.1 cm³/mol. The summed E-state index contributed by atoms with van der Waals surface area (Å²) in [5, 5.41) is 2.90. The maximum atomic E-state index is 11.2. The van der Waals surface area contributed by atoms with Crippen molar-refractivity contribution in [2.24, 2.45) is 0 Å². The molecule has 1 aromatic rings. The van der Waals surface area contributed by atoms with Gasteiger partial charge >= 0.3 is 11.9 Å². The third-order valence-corrected chi connectivity index (χ3v) is 1.86. The van der Waals surface area contributed by atoms with Crippen LogP contribution in [0, 0.1) is 0 Å². The van der Waals surface area contributed by atoms with Crippen molar-refractivity contribution in [3.8, 4) is 0 Å². The molecule has 0 aliphatic carbocycles. The normalized spacial score (nSPS) is 9.17. The highest BCUT2D eigenvalue weighted by molar-refractivity contribution is 6.32. The first-order chi connectivity index (χ1) is 8.63. The molecule has 0 saturated carbocycles. The summed E-state index contributed by atoms with van der Waals surface area (Å²) in [4.78, 5) is 22.2. The Balaban J connectivity index is 2.33. The van der Waals surface area contributed by atoms with Crippen molar-refractivity contribution < 1.29 is 14.3 Å². The Hall–Kier alpha value is -2.50. The molecule has 0 bridgehead atoms. The van der Waals surface area contributed by atoms with E-state index in [0.717, 1.165) is 5.69 Å². The molecule has 0 radical (unpaired) electrons. The van der Waals surface area contributed by atoms with Crippen LogP contribution in [0.4, 0.5) is 5.69 Å². The summed E-state index contributed by atoms with van der Waals surface area (Å²) in [6.07, 6.45) is 0. The van der Waals surface area contributed by atoms with Crippen molar-refractivity contribution in [1.82, 2.24) is 10.9 Å². The number of anilines is 1. The van der Waals surface area contributed by atoms with E-state index < -0.39 is 11.9 Å². The molecular formula is C12H15N3O3. The van der Waals surface area contributed by atoms with E-state index in [1.807, 2.05) is 30.3 Å². The Morgan fingerprint density at radius 1 is 1.22 bits per heavy atom. The van der Waals surface area contributed by atoms with Gasteiger partial charge in [0, 0.05) is 5.69 Å². The second-order valence-electron chi connectivity index (χ2n) is 3.27. The molecule has 0 aliphatic rings. The topological polar surface area (TPSA) is 79.5 Å². The largest absolute Gasteiger partial charge is 0.459 e. The van der Waals surface area contributed by atoms with Crippen LogP contribution in [0.1, 0.15) is 6.92 Å². The third kappa shape index (κ3) is 4.56. The first-order valence-electron chi connectivity index (χ1n) is 5.37. The molecule has 96 valence electrons. The second kappa shape index (κ2) is 6.95. The van der Waals surface area contributed by atoms with E-state index in [0.29, 0.717) is 5.82 Å². The fourth-order valence-corrected chi connectivity index (χ4v) is 1.11. The number of ether oxygens (including phenoxy) is 1. The van der Waals surface area contributed by atoms with Crippen molar-refractivity contribution in [3.05, 3.63) is 42.7 Å². The van der Waals surface area contributed by atoms with Crippen molar-refractivity contribution in [2.45, 2.75) is 6.92 Å². The third-order valence-electron chi connectivity index (χ3n) is 1.86. The van der Waals surface area contributed by atoms with Gasteiger partial charge in [0.05, 0.1) is 6.61 Å². The molecule has 0 fully saturated rings. The van der Waals surface area contributed by atoms with Crippen molar-refractivity contribution in [1.29, 1.82) is 0 Å². The van der Waals surface area contributed by atoms with Crippen molar-refractivity contribution in [3.63, 3.8) is 0 Å². The van der Waals surface area contributed by atoms with E-state index in [-0.39, 0.29) is 6.61 Å². The molecule has 1 aromatic carbocycles. The number of nitrogens with one attached hydrogen (secondary N) is 3. The Morgan fingerprint density at radius 2 is 1.89 bits per heavy atom. The van der Waals surface area contributed by atoms with Gasteiger partial charge in [0.25, 0.3) is 0 Å². The van der Waals surface area contributed by atoms with Gasteiger partial charge in [-0.3, -0.25) is 15.6 Å². The quantitative estimate of drug-likeness (QED) is 0.408. The number of para-hydroxylation sites is 1. The fourth-order valence-electron chi connectivity index (χ4n) is 1.11. The molecule has 0 aromatic heterocycles. The van der Waals surface area contributed by atoms with Gasteiger partial charge in [-0.1, -0.05) is 24.8 Å². The molecular weight excluding hydrogens is 234 g/mol. The van der Waals surface area contributed by atoms with Crippen LogP contribution >= 0.6 is 0 Å². The molecule has 18 heavy (non-hydrogen) atoms. The Bertz CT molecular complexity index is 431. The summed E-state index contributed by atoms with van der Waals surface area (Å²) in [6.45, 7) is 5.41. The molecule has 0 unspecified atom stereocenters. The Morgan fingerprint density at radius 3 is 2.50 bits per heavy atom. The number of benzene rings is 1. The van der Waals surface area contributed by atoms with Gasteiger partial charge in [0.1, 0.15) is 5.82 Å². The molecule has 6 heteroatoms. The zero-order valence-electron chi connectivity index (χ0n) is 10.0. The summed E-state index contributed by atoms with van der Waals surface area (Å²) in [5.74, 6) is -1.50. The Labute approximate surface area is 105 Å². The van der Waals surface area contributed by atoms with Crippen molar-refractivity contribution in [2.75, 3.05) is 11.9 Å². The number of carbonyl (C=O) groups is 2. The highest BCUT2D eigenvalue weighted by Gasteiger charge is 2.13. The standard InChI is InChI=1S/C12H15N3O3/c1-3-18-12(17)11(16)15-14-9(2)13-10-7-5-4-6-8-10/h4-8,13-14H,2-3H2,1H3,(H,15,16). The minimum atomic E-state index is -0.947. The van der Waals surface area contributed by atoms with Crippen LogP contribution in [0.5, 0.6) is 0 Å². The predicted octanol–water partition coefficient (Wildman–Crippen LogP) is 0.754. The van der Waals surface area contributed by atoms with Gasteiger partial charge in [-0.25, -0.2) is 4.79 Å². The molecule has 3 N–H and O–H groups in total. The molecule has 1 amide bonds. The van der Waals surface area contributed by atoms with Gasteiger partial charge in [-0.2, -0.15) is 0 Å². The lowest BCUT2D eigenvalue weighted by molar-refractivity contribution is -0.154. The number of amides is 1. The van der Waals surface area contributed by atoms with Crippen LogP contribution in [-0.4, -0.2) is 18.5 Å². The minimum Gasteiger partial charge on any atom is -0.459 e. The lowest BCUT2D eigenvalue weighted by atomic mass is 10.3. The average Bonchev–Trinajstić information content (AvgIpc) is 2.37. The summed E-state index contributed by atoms with van der Waals surface area (Å²) >= 11 is 0. The van der Waals surface area contributed by atoms with Crippen LogP contribution < -0.4 is 16.2 Å². The first kappa shape index (κ1) is 13.6. The zero-order valence-corrected chi connectivity index (χ0v) is 10.0. The van der Waals surface area contributed by atoms with Gasteiger partial charge in [0.2, 0.25) is 0 Å². The number of esters is 1. The fraction of sp³-hybridized carbons (Fsp3) is 0.167. The van der Waals surface area contributed by atoms with E-state index in [1.54, 1.807) is 6.92 Å². The molecule has 0 aliphatic heterocycles. The Kier molecular flexibility index (Phi) is 5.24. The summed E-state index contributed by atoms with van der Waals surface area (Å²) < 4.78 is 4.51. The smallest absolute Gasteiger partial charge is 0.398 e. The maximum Gasteiger partial charge on any atom is 0.398 e. The number of hydrazine groups is 1. The van der Waals surface area contributed by atoms with Gasteiger partial charge in [0.15, 0.2) is 0 Å². The SMILES string of the molecule is C=C(NNC(=O)C(=O)OCC)Nc1ccccc1. The lowest BCUT2D eigenvalue weighted by Crippen LogP contribution is -2.43. The number of hydrogen-bond donors (Lipinski definition) is 3. The van der Waals surface area contributed by atoms with Crippen LogP contribution in [0.3, 0.4) is 0 Å². The lowest BCUT2D eigenvalue weighted by Gasteiger charge is -2.12. The molecule has 0 atom stereocenters. The van der Waals surface area contributed by atoms with Crippen molar-refractivity contribution >= 4 is 17.6 Å². The van der Waals surface area contributed by atoms with Gasteiger partial charge in [-0.05, 0) is 19.1 Å². The van der Waals surface area contributed by atoms with E-state index in [4.69, 9.17) is 0 Å². The second-order valence-corrected chi connectivity index (χ2v) is 3.27. The zero-order chi connectivity index (χ0) is 13.4. The molecule has 1 rings (SSSR count). The highest BCUT2D eigenvalue weighted by Crippen LogP contribution is 2.05. The van der Waals surface area contributed by atoms with Gasteiger partial charge in [-0.15, -0.1) is 0 Å². The monoisotopic (exact) mass is 249 g/mol. The summed E-state index contributed by atoms with van der Waals surface area (Å²) in [7, 11) is 0. The molecule has 0 spiro atoms. The van der Waals surface area contributed by atoms with E-state index in [2.05, 4.69) is 27.5 Å². The number of rotatable bonds is 5. The maximum absolute atomic E-state index is 11.2. The van der Waals surface area contributed by atoms with Gasteiger partial charge < -0.3 is 10.1 Å². The van der Waals surface area contributed by atoms with Crippen LogP contribution in [-0.2, 0) is 14.3 Å². The average molecular weight is 249 g/mol. The molecule has 6 nitrogen and oxygen atoms in total. The summed E-state index contributed by atoms with van der Waals surface area (Å²) in [6, 6.07) is 9.25. The summed E-state index contributed by atoms with van der Waals surface area (Å²) in [5.41, 5.74) is 5.43. The number of hydrogen-bond acceptors (Lipinski definition) is 5. The van der Waals surface area contributed by atoms with Crippen LogP contribution in [0.15, 0.2) is 42.7 Å². The molecule has 0 saturated heterocycles. The van der Waals surface area contributed by atoms with E-state index >= 15 is 0 Å². The number of carbonyl (C=O) groups excluding carboxylic acids is 2. The van der Waals surface area contributed by atoms with Crippen LogP contribution in [0.25, 0.3) is 0 Å². The van der Waals surface area contributed by atoms with E-state index in [9.17, 15) is 9.59 Å². The first-order valence-corrected chi connectivity index (χ1v) is 5.37. The molecule has 0 heterocycles. The highest BCUT2D eigenvalue weighted by atomic mass is 16.5. The minimum absolute atomic E-state index is 0.148.